The van der Waals surface area contributed by atoms with Crippen LogP contribution in [-0.2, 0) is 20.2 Å². The number of benzene rings is 3. The van der Waals surface area contributed by atoms with E-state index in [1.54, 1.807) is 12.1 Å². The maximum Gasteiger partial charge on any atom is 0.296 e. The van der Waals surface area contributed by atoms with Crippen molar-refractivity contribution in [2.24, 2.45) is 10.2 Å². The number of halogens is 1. The number of hydrogen-bond acceptors (Lipinski definition) is 8. The zero-order chi connectivity index (χ0) is 21.6. The Kier molecular flexibility index (Phi) is 5.36. The molecule has 0 aliphatic heterocycles. The Balaban J connectivity index is 2.32. The summed E-state index contributed by atoms with van der Waals surface area (Å²) in [6, 6.07) is 8.62. The monoisotopic (exact) mass is 502 g/mol. The largest absolute Gasteiger partial charge is 0.507 e. The smallest absolute Gasteiger partial charge is 0.296 e. The van der Waals surface area contributed by atoms with E-state index in [0.717, 1.165) is 16.6 Å². The summed E-state index contributed by atoms with van der Waals surface area (Å²) in [5.74, 6) is -1.63. The molecule has 0 aliphatic rings. The molecule has 0 aliphatic carbocycles. The summed E-state index contributed by atoms with van der Waals surface area (Å²) in [4.78, 5) is -1.62. The third-order valence-electron chi connectivity index (χ3n) is 3.77. The van der Waals surface area contributed by atoms with Gasteiger partial charge in [-0.15, -0.1) is 5.11 Å². The third kappa shape index (κ3) is 4.38. The second-order valence-electron chi connectivity index (χ2n) is 5.74. The van der Waals surface area contributed by atoms with E-state index >= 15 is 0 Å². The van der Waals surface area contributed by atoms with Gasteiger partial charge < -0.3 is 10.2 Å². The summed E-state index contributed by atoms with van der Waals surface area (Å²) < 4.78 is 65.6. The molecule has 10 nitrogen and oxygen atoms in total. The van der Waals surface area contributed by atoms with Gasteiger partial charge in [0.25, 0.3) is 20.2 Å². The van der Waals surface area contributed by atoms with Crippen LogP contribution in [0.1, 0.15) is 0 Å². The maximum atomic E-state index is 11.8. The van der Waals surface area contributed by atoms with Crippen LogP contribution in [0.15, 0.2) is 67.0 Å². The Hall–Kier alpha value is -2.58. The highest BCUT2D eigenvalue weighted by molar-refractivity contribution is 9.10. The number of azo groups is 1. The molecule has 0 fully saturated rings. The van der Waals surface area contributed by atoms with Crippen molar-refractivity contribution in [2.75, 3.05) is 0 Å². The first-order valence-electron chi connectivity index (χ1n) is 7.53. The van der Waals surface area contributed by atoms with E-state index in [2.05, 4.69) is 26.2 Å². The molecule has 152 valence electrons. The van der Waals surface area contributed by atoms with Crippen molar-refractivity contribution in [1.29, 1.82) is 0 Å². The molecule has 4 N–H and O–H groups in total. The lowest BCUT2D eigenvalue weighted by Gasteiger charge is -2.11. The molecule has 0 radical (unpaired) electrons. The second-order valence-corrected chi connectivity index (χ2v) is 9.47. The van der Waals surface area contributed by atoms with Gasteiger partial charge in [-0.3, -0.25) is 9.11 Å². The molecule has 0 amide bonds. The van der Waals surface area contributed by atoms with Crippen LogP contribution < -0.4 is 0 Å². The number of nitrogens with zero attached hydrogens (tertiary/aromatic N) is 2. The maximum absolute atomic E-state index is 11.8. The van der Waals surface area contributed by atoms with E-state index in [0.29, 0.717) is 11.8 Å². The Bertz CT molecular complexity index is 1370. The number of hydrogen-bond donors (Lipinski definition) is 4. The molecule has 0 unspecified atom stereocenters. The molecule has 0 saturated heterocycles. The van der Waals surface area contributed by atoms with E-state index in [9.17, 15) is 31.6 Å². The minimum atomic E-state index is -4.93. The van der Waals surface area contributed by atoms with Crippen LogP contribution in [0.5, 0.6) is 11.5 Å². The van der Waals surface area contributed by atoms with Crippen molar-refractivity contribution in [3.63, 3.8) is 0 Å². The average Bonchev–Trinajstić information content (AvgIpc) is 2.60. The molecular formula is C16H11BrN2O8S2. The fraction of sp³-hybridized carbons (Fsp3) is 0. The first-order chi connectivity index (χ1) is 13.4. The van der Waals surface area contributed by atoms with Crippen LogP contribution in [0.2, 0.25) is 0 Å². The molecule has 3 aromatic rings. The zero-order valence-electron chi connectivity index (χ0n) is 14.1. The van der Waals surface area contributed by atoms with Crippen molar-refractivity contribution in [1.82, 2.24) is 0 Å². The zero-order valence-corrected chi connectivity index (χ0v) is 17.3. The molecule has 29 heavy (non-hydrogen) atoms. The van der Waals surface area contributed by atoms with Crippen LogP contribution in [0, 0.1) is 0 Å². The van der Waals surface area contributed by atoms with Crippen LogP contribution in [0.25, 0.3) is 10.8 Å². The highest BCUT2D eigenvalue weighted by atomic mass is 79.9. The van der Waals surface area contributed by atoms with Gasteiger partial charge in [0.2, 0.25) is 0 Å². The second kappa shape index (κ2) is 7.35. The van der Waals surface area contributed by atoms with E-state index in [1.165, 1.54) is 12.1 Å². The summed E-state index contributed by atoms with van der Waals surface area (Å²) in [5, 5.41) is 27.4. The summed E-state index contributed by atoms with van der Waals surface area (Å²) in [5.41, 5.74) is -0.377. The lowest BCUT2D eigenvalue weighted by atomic mass is 10.1. The average molecular weight is 503 g/mol. The van der Waals surface area contributed by atoms with Crippen molar-refractivity contribution in [3.8, 4) is 11.5 Å². The topological polar surface area (TPSA) is 174 Å². The Morgan fingerprint density at radius 1 is 0.828 bits per heavy atom. The normalized spacial score (nSPS) is 12.7. The molecule has 0 bridgehead atoms. The molecule has 3 aromatic carbocycles. The van der Waals surface area contributed by atoms with Gasteiger partial charge in [0, 0.05) is 10.5 Å². The molecule has 0 saturated carbocycles. The standard InChI is InChI=1S/C16H11BrN2O8S2/c17-9-1-3-10(4-2-9)18-19-15-13(29(25,26)27)6-8-5-11(28(22,23)24)7-12(20)14(8)16(15)21/h1-7,20-21H,(H,22,23,24)(H,25,26,27). The molecule has 0 spiro atoms. The lowest BCUT2D eigenvalue weighted by molar-refractivity contribution is 0.457. The molecule has 0 heterocycles. The predicted molar refractivity (Wildman–Crippen MR) is 105 cm³/mol. The summed E-state index contributed by atoms with van der Waals surface area (Å²) >= 11 is 3.23. The van der Waals surface area contributed by atoms with Gasteiger partial charge in [0.05, 0.1) is 16.0 Å². The third-order valence-corrected chi connectivity index (χ3v) is 6.00. The van der Waals surface area contributed by atoms with Gasteiger partial charge in [-0.05, 0) is 41.8 Å². The van der Waals surface area contributed by atoms with Crippen LogP contribution in [0.3, 0.4) is 0 Å². The van der Waals surface area contributed by atoms with Gasteiger partial charge in [0.1, 0.15) is 16.3 Å². The Labute approximate surface area is 172 Å². The molecule has 0 aromatic heterocycles. The van der Waals surface area contributed by atoms with E-state index < -0.39 is 47.2 Å². The minimum Gasteiger partial charge on any atom is -0.507 e. The number of fused-ring (bicyclic) bond motifs is 1. The van der Waals surface area contributed by atoms with Crippen molar-refractivity contribution >= 4 is 58.3 Å². The molecule has 13 heteroatoms. The van der Waals surface area contributed by atoms with E-state index in [-0.39, 0.29) is 10.8 Å². The lowest BCUT2D eigenvalue weighted by Crippen LogP contribution is -2.01. The minimum absolute atomic E-state index is 0.287. The number of phenolic OH excluding ortho intramolecular Hbond substituents is 2. The first-order valence-corrected chi connectivity index (χ1v) is 11.2. The summed E-state index contributed by atoms with van der Waals surface area (Å²) in [6.07, 6.45) is 0. The van der Waals surface area contributed by atoms with Crippen LogP contribution >= 0.6 is 15.9 Å². The number of aromatic hydroxyl groups is 2. The predicted octanol–water partition coefficient (Wildman–Crippen LogP) is 3.92. The number of phenols is 2. The fourth-order valence-electron chi connectivity index (χ4n) is 2.50. The van der Waals surface area contributed by atoms with Gasteiger partial charge in [-0.2, -0.15) is 21.9 Å². The van der Waals surface area contributed by atoms with Crippen LogP contribution in [-0.4, -0.2) is 36.2 Å². The van der Waals surface area contributed by atoms with Gasteiger partial charge >= 0.3 is 0 Å². The van der Waals surface area contributed by atoms with Crippen molar-refractivity contribution < 1.29 is 36.2 Å². The molecule has 3 rings (SSSR count). The van der Waals surface area contributed by atoms with E-state index in [4.69, 9.17) is 4.55 Å². The van der Waals surface area contributed by atoms with E-state index in [1.807, 2.05) is 0 Å². The Morgan fingerprint density at radius 3 is 2.00 bits per heavy atom. The van der Waals surface area contributed by atoms with Crippen molar-refractivity contribution in [3.05, 3.63) is 46.9 Å². The highest BCUT2D eigenvalue weighted by Crippen LogP contribution is 2.45. The Morgan fingerprint density at radius 2 is 1.45 bits per heavy atom. The highest BCUT2D eigenvalue weighted by Gasteiger charge is 2.25. The molecule has 0 atom stereocenters. The fourth-order valence-corrected chi connectivity index (χ4v) is 3.95. The summed E-state index contributed by atoms with van der Waals surface area (Å²) in [6.45, 7) is 0. The van der Waals surface area contributed by atoms with Crippen molar-refractivity contribution in [2.45, 2.75) is 9.79 Å². The van der Waals surface area contributed by atoms with Gasteiger partial charge in [0.15, 0.2) is 5.75 Å². The van der Waals surface area contributed by atoms with Gasteiger partial charge in [-0.25, -0.2) is 0 Å². The SMILES string of the molecule is O=S(=O)(O)c1cc(O)c2c(O)c(N=Nc3ccc(Br)cc3)c(S(=O)(=O)O)cc2c1. The summed E-state index contributed by atoms with van der Waals surface area (Å²) in [7, 11) is -9.67. The molecular weight excluding hydrogens is 492 g/mol. The number of rotatable bonds is 4. The van der Waals surface area contributed by atoms with Gasteiger partial charge in [-0.1, -0.05) is 15.9 Å². The quantitative estimate of drug-likeness (QED) is 0.306. The van der Waals surface area contributed by atoms with Crippen LogP contribution in [0.4, 0.5) is 11.4 Å². The first kappa shape index (κ1) is 21.1.